The van der Waals surface area contributed by atoms with Crippen molar-refractivity contribution >= 4 is 11.9 Å². The van der Waals surface area contributed by atoms with Crippen molar-refractivity contribution in [1.82, 2.24) is 29.9 Å². The zero-order valence-electron chi connectivity index (χ0n) is 13.7. The van der Waals surface area contributed by atoms with E-state index in [-0.39, 0.29) is 11.9 Å². The third-order valence-electron chi connectivity index (χ3n) is 4.67. The SMILES string of the molecule is CC1(C)NC(=O)N(CCN2CCCC[C@H]2Cn2cncn2)C1=O. The maximum Gasteiger partial charge on any atom is 0.325 e. The molecule has 3 amide bonds. The standard InChI is InChI=1S/C15H24N6O2/c1-15(2)13(22)21(14(23)18-15)8-7-19-6-4-3-5-12(19)9-20-11-16-10-17-20/h10-12H,3-9H2,1-2H3,(H,18,23)/t12-/m0/s1. The molecule has 0 unspecified atom stereocenters. The van der Waals surface area contributed by atoms with E-state index in [1.165, 1.54) is 11.3 Å². The third-order valence-corrected chi connectivity index (χ3v) is 4.67. The molecule has 23 heavy (non-hydrogen) atoms. The zero-order chi connectivity index (χ0) is 16.4. The molecule has 8 nitrogen and oxygen atoms in total. The molecule has 0 saturated carbocycles. The molecular weight excluding hydrogens is 296 g/mol. The number of hydrogen-bond donors (Lipinski definition) is 1. The first kappa shape index (κ1) is 15.9. The molecule has 126 valence electrons. The first-order valence-corrected chi connectivity index (χ1v) is 8.18. The highest BCUT2D eigenvalue weighted by Gasteiger charge is 2.44. The topological polar surface area (TPSA) is 83.4 Å². The second-order valence-electron chi connectivity index (χ2n) is 6.82. The van der Waals surface area contributed by atoms with Crippen LogP contribution >= 0.6 is 0 Å². The minimum atomic E-state index is -0.793. The lowest BCUT2D eigenvalue weighted by molar-refractivity contribution is -0.130. The Bertz CT molecular complexity index is 571. The molecule has 2 aliphatic heterocycles. The van der Waals surface area contributed by atoms with Crippen LogP contribution in [-0.4, -0.2) is 67.7 Å². The van der Waals surface area contributed by atoms with E-state index in [1.54, 1.807) is 26.5 Å². The molecule has 3 heterocycles. The number of urea groups is 1. The van der Waals surface area contributed by atoms with E-state index in [9.17, 15) is 9.59 Å². The average molecular weight is 320 g/mol. The lowest BCUT2D eigenvalue weighted by atomic mass is 10.0. The van der Waals surface area contributed by atoms with E-state index in [4.69, 9.17) is 0 Å². The second kappa shape index (κ2) is 6.27. The number of hydrogen-bond acceptors (Lipinski definition) is 5. The van der Waals surface area contributed by atoms with Gasteiger partial charge in [0.2, 0.25) is 0 Å². The minimum Gasteiger partial charge on any atom is -0.324 e. The van der Waals surface area contributed by atoms with Gasteiger partial charge in [-0.05, 0) is 33.2 Å². The van der Waals surface area contributed by atoms with E-state index in [1.807, 2.05) is 4.68 Å². The van der Waals surface area contributed by atoms with Crippen LogP contribution < -0.4 is 5.32 Å². The number of likely N-dealkylation sites (tertiary alicyclic amines) is 1. The van der Waals surface area contributed by atoms with Crippen LogP contribution in [0.2, 0.25) is 0 Å². The summed E-state index contributed by atoms with van der Waals surface area (Å²) >= 11 is 0. The molecule has 0 radical (unpaired) electrons. The van der Waals surface area contributed by atoms with E-state index in [2.05, 4.69) is 20.3 Å². The summed E-state index contributed by atoms with van der Waals surface area (Å²) in [6.07, 6.45) is 6.73. The fraction of sp³-hybridized carbons (Fsp3) is 0.733. The first-order chi connectivity index (χ1) is 11.0. The number of nitrogens with zero attached hydrogens (tertiary/aromatic N) is 5. The van der Waals surface area contributed by atoms with Crippen molar-refractivity contribution < 1.29 is 9.59 Å². The second-order valence-corrected chi connectivity index (χ2v) is 6.82. The van der Waals surface area contributed by atoms with Gasteiger partial charge in [-0.1, -0.05) is 6.42 Å². The maximum absolute atomic E-state index is 12.2. The Kier molecular flexibility index (Phi) is 4.34. The summed E-state index contributed by atoms with van der Waals surface area (Å²) < 4.78 is 1.85. The number of aromatic nitrogens is 3. The molecule has 1 N–H and O–H groups in total. The highest BCUT2D eigenvalue weighted by atomic mass is 16.2. The molecule has 2 fully saturated rings. The van der Waals surface area contributed by atoms with Gasteiger partial charge in [0, 0.05) is 19.1 Å². The molecule has 0 aliphatic carbocycles. The number of amides is 3. The minimum absolute atomic E-state index is 0.146. The Balaban J connectivity index is 1.59. The zero-order valence-corrected chi connectivity index (χ0v) is 13.7. The molecule has 2 saturated heterocycles. The summed E-state index contributed by atoms with van der Waals surface area (Å²) in [5.41, 5.74) is -0.793. The van der Waals surface area contributed by atoms with Crippen molar-refractivity contribution in [2.75, 3.05) is 19.6 Å². The Morgan fingerprint density at radius 2 is 2.13 bits per heavy atom. The largest absolute Gasteiger partial charge is 0.325 e. The van der Waals surface area contributed by atoms with Crippen molar-refractivity contribution in [3.8, 4) is 0 Å². The number of nitrogens with one attached hydrogen (secondary N) is 1. The molecule has 0 spiro atoms. The maximum atomic E-state index is 12.2. The summed E-state index contributed by atoms with van der Waals surface area (Å²) in [5.74, 6) is -0.146. The van der Waals surface area contributed by atoms with Crippen LogP contribution in [0.25, 0.3) is 0 Å². The van der Waals surface area contributed by atoms with Crippen molar-refractivity contribution in [2.45, 2.75) is 51.2 Å². The molecule has 0 aromatic carbocycles. The predicted molar refractivity (Wildman–Crippen MR) is 83.6 cm³/mol. The van der Waals surface area contributed by atoms with Crippen LogP contribution in [0.1, 0.15) is 33.1 Å². The van der Waals surface area contributed by atoms with Gasteiger partial charge in [0.1, 0.15) is 18.2 Å². The van der Waals surface area contributed by atoms with Crippen molar-refractivity contribution in [1.29, 1.82) is 0 Å². The summed E-state index contributed by atoms with van der Waals surface area (Å²) in [4.78, 5) is 31.9. The highest BCUT2D eigenvalue weighted by molar-refractivity contribution is 6.06. The molecule has 8 heteroatoms. The number of rotatable bonds is 5. The number of imide groups is 1. The van der Waals surface area contributed by atoms with Gasteiger partial charge in [-0.3, -0.25) is 19.3 Å². The molecule has 0 bridgehead atoms. The summed E-state index contributed by atoms with van der Waals surface area (Å²) in [6, 6.07) is 0.0871. The first-order valence-electron chi connectivity index (χ1n) is 8.18. The van der Waals surface area contributed by atoms with E-state index < -0.39 is 5.54 Å². The summed E-state index contributed by atoms with van der Waals surface area (Å²) in [5, 5.41) is 6.90. The number of carbonyl (C=O) groups is 2. The quantitative estimate of drug-likeness (QED) is 0.797. The van der Waals surface area contributed by atoms with Crippen LogP contribution in [0.15, 0.2) is 12.7 Å². The predicted octanol–water partition coefficient (Wildman–Crippen LogP) is 0.463. The molecular formula is C15H24N6O2. The van der Waals surface area contributed by atoms with Gasteiger partial charge in [-0.2, -0.15) is 5.10 Å². The Morgan fingerprint density at radius 3 is 2.78 bits per heavy atom. The van der Waals surface area contributed by atoms with Crippen LogP contribution in [0.4, 0.5) is 4.79 Å². The van der Waals surface area contributed by atoms with Gasteiger partial charge >= 0.3 is 6.03 Å². The van der Waals surface area contributed by atoms with Crippen molar-refractivity contribution in [3.63, 3.8) is 0 Å². The van der Waals surface area contributed by atoms with Crippen LogP contribution in [0.5, 0.6) is 0 Å². The number of piperidine rings is 1. The molecule has 2 aliphatic rings. The van der Waals surface area contributed by atoms with Gasteiger partial charge in [0.15, 0.2) is 0 Å². The average Bonchev–Trinajstić information content (AvgIpc) is 3.07. The van der Waals surface area contributed by atoms with Crippen molar-refractivity contribution in [3.05, 3.63) is 12.7 Å². The lowest BCUT2D eigenvalue weighted by Gasteiger charge is -2.36. The highest BCUT2D eigenvalue weighted by Crippen LogP contribution is 2.20. The monoisotopic (exact) mass is 320 g/mol. The molecule has 1 aromatic rings. The smallest absolute Gasteiger partial charge is 0.324 e. The summed E-state index contributed by atoms with van der Waals surface area (Å²) in [6.45, 7) is 6.40. The normalized spacial score (nSPS) is 25.0. The van der Waals surface area contributed by atoms with Gasteiger partial charge in [-0.15, -0.1) is 0 Å². The van der Waals surface area contributed by atoms with Gasteiger partial charge in [0.05, 0.1) is 6.54 Å². The van der Waals surface area contributed by atoms with Crippen molar-refractivity contribution in [2.24, 2.45) is 0 Å². The van der Waals surface area contributed by atoms with Gasteiger partial charge in [-0.25, -0.2) is 9.78 Å². The van der Waals surface area contributed by atoms with Gasteiger partial charge < -0.3 is 5.32 Å². The number of carbonyl (C=O) groups excluding carboxylic acids is 2. The molecule has 1 aromatic heterocycles. The lowest BCUT2D eigenvalue weighted by Crippen LogP contribution is -2.47. The van der Waals surface area contributed by atoms with Gasteiger partial charge in [0.25, 0.3) is 5.91 Å². The van der Waals surface area contributed by atoms with E-state index in [0.717, 1.165) is 25.9 Å². The Morgan fingerprint density at radius 1 is 1.30 bits per heavy atom. The van der Waals surface area contributed by atoms with Crippen LogP contribution in [0.3, 0.4) is 0 Å². The van der Waals surface area contributed by atoms with Crippen LogP contribution in [-0.2, 0) is 11.3 Å². The fourth-order valence-electron chi connectivity index (χ4n) is 3.35. The van der Waals surface area contributed by atoms with E-state index >= 15 is 0 Å². The Hall–Kier alpha value is -1.96. The van der Waals surface area contributed by atoms with Crippen LogP contribution in [0, 0.1) is 0 Å². The molecule has 3 rings (SSSR count). The molecule has 1 atom stereocenters. The van der Waals surface area contributed by atoms with E-state index in [0.29, 0.717) is 19.1 Å². The summed E-state index contributed by atoms with van der Waals surface area (Å²) in [7, 11) is 0. The fourth-order valence-corrected chi connectivity index (χ4v) is 3.35. The Labute approximate surface area is 135 Å². The third kappa shape index (κ3) is 3.36.